The summed E-state index contributed by atoms with van der Waals surface area (Å²) in [5.74, 6) is 1.03. The Balaban J connectivity index is 1.64. The van der Waals surface area contributed by atoms with Gasteiger partial charge in [-0.25, -0.2) is 0 Å². The highest BCUT2D eigenvalue weighted by Crippen LogP contribution is 2.35. The molecule has 3 rings (SSSR count). The summed E-state index contributed by atoms with van der Waals surface area (Å²) in [4.78, 5) is 25.8. The monoisotopic (exact) mass is 340 g/mol. The largest absolute Gasteiger partial charge is 0.454 e. The van der Waals surface area contributed by atoms with Crippen molar-refractivity contribution in [1.82, 2.24) is 5.32 Å². The summed E-state index contributed by atoms with van der Waals surface area (Å²) in [5, 5.41) is 2.86. The topological polar surface area (TPSA) is 67.9 Å². The molecular weight excluding hydrogens is 320 g/mol. The number of hydrogen-bond donors (Lipinski definition) is 1. The lowest BCUT2D eigenvalue weighted by Crippen LogP contribution is -2.37. The highest BCUT2D eigenvalue weighted by molar-refractivity contribution is 5.96. The van der Waals surface area contributed by atoms with Crippen LogP contribution in [-0.4, -0.2) is 31.7 Å². The quantitative estimate of drug-likeness (QED) is 0.908. The van der Waals surface area contributed by atoms with Gasteiger partial charge in [-0.15, -0.1) is 0 Å². The predicted octanol–water partition coefficient (Wildman–Crippen LogP) is 2.51. The number of nitrogens with zero attached hydrogens (tertiary/aromatic N) is 1. The van der Waals surface area contributed by atoms with Gasteiger partial charge in [0.25, 0.3) is 5.91 Å². The zero-order valence-corrected chi connectivity index (χ0v) is 14.2. The summed E-state index contributed by atoms with van der Waals surface area (Å²) in [6.45, 7) is 4.29. The smallest absolute Gasteiger partial charge is 0.251 e. The molecule has 0 fully saturated rings. The number of fused-ring (bicyclic) bond motifs is 1. The number of rotatable bonds is 5. The second-order valence-corrected chi connectivity index (χ2v) is 5.78. The fraction of sp³-hybridized carbons (Fsp3) is 0.263. The SMILES string of the molecule is CC(=O)N(CCNC(=O)c1ccccc1C)c1ccc2c(c1)OCO2. The molecule has 0 aromatic heterocycles. The van der Waals surface area contributed by atoms with Gasteiger partial charge < -0.3 is 19.7 Å². The van der Waals surface area contributed by atoms with Crippen LogP contribution in [0.5, 0.6) is 11.5 Å². The van der Waals surface area contributed by atoms with Crippen LogP contribution in [0.4, 0.5) is 5.69 Å². The van der Waals surface area contributed by atoms with Crippen LogP contribution >= 0.6 is 0 Å². The van der Waals surface area contributed by atoms with Gasteiger partial charge >= 0.3 is 0 Å². The standard InChI is InChI=1S/C19H20N2O4/c1-13-5-3-4-6-16(13)19(23)20-9-10-21(14(2)22)15-7-8-17-18(11-15)25-12-24-17/h3-8,11H,9-10,12H2,1-2H3,(H,20,23). The van der Waals surface area contributed by atoms with E-state index in [-0.39, 0.29) is 18.6 Å². The van der Waals surface area contributed by atoms with E-state index < -0.39 is 0 Å². The van der Waals surface area contributed by atoms with Crippen LogP contribution in [-0.2, 0) is 4.79 Å². The Kier molecular flexibility index (Phi) is 4.88. The van der Waals surface area contributed by atoms with E-state index in [1.807, 2.05) is 25.1 Å². The van der Waals surface area contributed by atoms with Gasteiger partial charge in [-0.3, -0.25) is 9.59 Å². The lowest BCUT2D eigenvalue weighted by molar-refractivity contribution is -0.116. The van der Waals surface area contributed by atoms with Crippen molar-refractivity contribution in [2.24, 2.45) is 0 Å². The summed E-state index contributed by atoms with van der Waals surface area (Å²) in [6, 6.07) is 12.7. The Morgan fingerprint density at radius 2 is 1.88 bits per heavy atom. The molecule has 0 aliphatic carbocycles. The van der Waals surface area contributed by atoms with Gasteiger partial charge in [0.05, 0.1) is 0 Å². The van der Waals surface area contributed by atoms with Gasteiger partial charge in [0.2, 0.25) is 12.7 Å². The van der Waals surface area contributed by atoms with E-state index in [4.69, 9.17) is 9.47 Å². The molecule has 1 heterocycles. The molecule has 0 radical (unpaired) electrons. The van der Waals surface area contributed by atoms with Crippen molar-refractivity contribution in [3.05, 3.63) is 53.6 Å². The lowest BCUT2D eigenvalue weighted by Gasteiger charge is -2.21. The molecule has 2 aromatic rings. The van der Waals surface area contributed by atoms with Gasteiger partial charge in [-0.05, 0) is 30.7 Å². The van der Waals surface area contributed by atoms with E-state index in [1.54, 1.807) is 29.2 Å². The molecule has 6 heteroatoms. The number of hydrogen-bond acceptors (Lipinski definition) is 4. The summed E-state index contributed by atoms with van der Waals surface area (Å²) < 4.78 is 10.6. The molecule has 2 aromatic carbocycles. The number of nitrogens with one attached hydrogen (secondary N) is 1. The summed E-state index contributed by atoms with van der Waals surface area (Å²) in [6.07, 6.45) is 0. The Bertz CT molecular complexity index is 804. The van der Waals surface area contributed by atoms with E-state index in [2.05, 4.69) is 5.32 Å². The lowest BCUT2D eigenvalue weighted by atomic mass is 10.1. The fourth-order valence-electron chi connectivity index (χ4n) is 2.73. The second kappa shape index (κ2) is 7.25. The maximum Gasteiger partial charge on any atom is 0.251 e. The van der Waals surface area contributed by atoms with Crippen molar-refractivity contribution in [1.29, 1.82) is 0 Å². The first-order valence-electron chi connectivity index (χ1n) is 8.08. The first kappa shape index (κ1) is 16.8. The Hall–Kier alpha value is -3.02. The van der Waals surface area contributed by atoms with Crippen LogP contribution in [0.3, 0.4) is 0 Å². The molecule has 2 amide bonds. The van der Waals surface area contributed by atoms with E-state index in [1.165, 1.54) is 6.92 Å². The average Bonchev–Trinajstić information content (AvgIpc) is 3.06. The third kappa shape index (κ3) is 3.74. The summed E-state index contributed by atoms with van der Waals surface area (Å²) in [5.41, 5.74) is 2.26. The van der Waals surface area contributed by atoms with Crippen LogP contribution in [0, 0.1) is 6.92 Å². The minimum Gasteiger partial charge on any atom is -0.454 e. The van der Waals surface area contributed by atoms with Crippen LogP contribution in [0.25, 0.3) is 0 Å². The molecule has 1 aliphatic rings. The Morgan fingerprint density at radius 1 is 1.12 bits per heavy atom. The second-order valence-electron chi connectivity index (χ2n) is 5.78. The Morgan fingerprint density at radius 3 is 2.64 bits per heavy atom. The number of ether oxygens (including phenoxy) is 2. The maximum absolute atomic E-state index is 12.3. The molecule has 0 saturated heterocycles. The number of aryl methyl sites for hydroxylation is 1. The highest BCUT2D eigenvalue weighted by atomic mass is 16.7. The van der Waals surface area contributed by atoms with Gasteiger partial charge in [0, 0.05) is 37.3 Å². The van der Waals surface area contributed by atoms with Crippen LogP contribution < -0.4 is 19.7 Å². The number of carbonyl (C=O) groups is 2. The molecule has 0 atom stereocenters. The molecule has 0 spiro atoms. The molecular formula is C19H20N2O4. The van der Waals surface area contributed by atoms with Gasteiger partial charge in [-0.1, -0.05) is 18.2 Å². The van der Waals surface area contributed by atoms with E-state index >= 15 is 0 Å². The number of benzene rings is 2. The van der Waals surface area contributed by atoms with E-state index in [9.17, 15) is 9.59 Å². The molecule has 0 unspecified atom stereocenters. The molecule has 25 heavy (non-hydrogen) atoms. The van der Waals surface area contributed by atoms with E-state index in [0.717, 1.165) is 5.56 Å². The molecule has 1 aliphatic heterocycles. The van der Waals surface area contributed by atoms with Crippen LogP contribution in [0.2, 0.25) is 0 Å². The third-order valence-corrected chi connectivity index (χ3v) is 4.06. The van der Waals surface area contributed by atoms with Crippen molar-refractivity contribution in [3.8, 4) is 11.5 Å². The summed E-state index contributed by atoms with van der Waals surface area (Å²) >= 11 is 0. The van der Waals surface area contributed by atoms with Crippen molar-refractivity contribution in [2.45, 2.75) is 13.8 Å². The molecule has 0 saturated carbocycles. The maximum atomic E-state index is 12.3. The molecule has 1 N–H and O–H groups in total. The van der Waals surface area contributed by atoms with Crippen molar-refractivity contribution >= 4 is 17.5 Å². The normalized spacial score (nSPS) is 11.9. The minimum atomic E-state index is -0.146. The van der Waals surface area contributed by atoms with Gasteiger partial charge in [0.1, 0.15) is 0 Å². The summed E-state index contributed by atoms with van der Waals surface area (Å²) in [7, 11) is 0. The first-order valence-corrected chi connectivity index (χ1v) is 8.08. The Labute approximate surface area is 146 Å². The van der Waals surface area contributed by atoms with Gasteiger partial charge in [0.15, 0.2) is 11.5 Å². The average molecular weight is 340 g/mol. The van der Waals surface area contributed by atoms with Crippen molar-refractivity contribution in [3.63, 3.8) is 0 Å². The molecule has 130 valence electrons. The zero-order valence-electron chi connectivity index (χ0n) is 14.2. The minimum absolute atomic E-state index is 0.107. The zero-order chi connectivity index (χ0) is 17.8. The van der Waals surface area contributed by atoms with Crippen molar-refractivity contribution < 1.29 is 19.1 Å². The third-order valence-electron chi connectivity index (χ3n) is 4.06. The molecule has 0 bridgehead atoms. The number of amides is 2. The van der Waals surface area contributed by atoms with Gasteiger partial charge in [-0.2, -0.15) is 0 Å². The predicted molar refractivity (Wildman–Crippen MR) is 94.1 cm³/mol. The first-order chi connectivity index (χ1) is 12.1. The molecule has 6 nitrogen and oxygen atoms in total. The number of carbonyl (C=O) groups excluding carboxylic acids is 2. The highest BCUT2D eigenvalue weighted by Gasteiger charge is 2.18. The van der Waals surface area contributed by atoms with Crippen LogP contribution in [0.1, 0.15) is 22.8 Å². The van der Waals surface area contributed by atoms with Crippen LogP contribution in [0.15, 0.2) is 42.5 Å². The fourth-order valence-corrected chi connectivity index (χ4v) is 2.73. The number of anilines is 1. The van der Waals surface area contributed by atoms with Crippen molar-refractivity contribution in [2.75, 3.05) is 24.8 Å². The van der Waals surface area contributed by atoms with E-state index in [0.29, 0.717) is 35.8 Å².